The normalized spacial score (nSPS) is 13.2. The Morgan fingerprint density at radius 3 is 2.16 bits per heavy atom. The van der Waals surface area contributed by atoms with E-state index in [1.807, 2.05) is 34.6 Å². The number of primary amides is 1. The van der Waals surface area contributed by atoms with Crippen LogP contribution in [0, 0.1) is 12.3 Å². The SMILES string of the molecule is C#Cc1ccccc1C(C(=O)NC(C)C)N(C(=O)C(CCC(N)=O)NC(=O)OC(C)(C)C)C(C)(C)CC. The number of ether oxygens (including phenoxy) is 1. The van der Waals surface area contributed by atoms with Gasteiger partial charge >= 0.3 is 6.09 Å². The lowest BCUT2D eigenvalue weighted by atomic mass is 9.89. The molecular weight excluding hydrogens is 472 g/mol. The summed E-state index contributed by atoms with van der Waals surface area (Å²) in [6, 6.07) is 4.43. The third kappa shape index (κ3) is 9.45. The summed E-state index contributed by atoms with van der Waals surface area (Å²) in [6.07, 6.45) is 5.20. The van der Waals surface area contributed by atoms with E-state index in [4.69, 9.17) is 16.9 Å². The van der Waals surface area contributed by atoms with Crippen LogP contribution < -0.4 is 16.4 Å². The highest BCUT2D eigenvalue weighted by atomic mass is 16.6. The molecule has 1 aromatic rings. The maximum atomic E-state index is 14.2. The summed E-state index contributed by atoms with van der Waals surface area (Å²) < 4.78 is 5.36. The summed E-state index contributed by atoms with van der Waals surface area (Å²) >= 11 is 0. The molecule has 0 bridgehead atoms. The first kappa shape index (κ1) is 31.5. The number of nitrogens with one attached hydrogen (secondary N) is 2. The Morgan fingerprint density at radius 2 is 1.68 bits per heavy atom. The smallest absolute Gasteiger partial charge is 0.408 e. The van der Waals surface area contributed by atoms with E-state index < -0.39 is 47.0 Å². The van der Waals surface area contributed by atoms with E-state index in [1.54, 1.807) is 45.0 Å². The summed E-state index contributed by atoms with van der Waals surface area (Å²) in [5.74, 6) is 0.999. The van der Waals surface area contributed by atoms with Gasteiger partial charge in [-0.15, -0.1) is 6.42 Å². The van der Waals surface area contributed by atoms with Crippen molar-refractivity contribution in [1.29, 1.82) is 0 Å². The maximum Gasteiger partial charge on any atom is 0.408 e. The molecule has 0 heterocycles. The molecule has 2 unspecified atom stereocenters. The first-order valence-electron chi connectivity index (χ1n) is 12.5. The van der Waals surface area contributed by atoms with Crippen molar-refractivity contribution in [3.05, 3.63) is 35.4 Å². The third-order valence-corrected chi connectivity index (χ3v) is 5.77. The highest BCUT2D eigenvalue weighted by Gasteiger charge is 2.43. The van der Waals surface area contributed by atoms with Gasteiger partial charge in [-0.05, 0) is 72.9 Å². The first-order chi connectivity index (χ1) is 17.0. The Morgan fingerprint density at radius 1 is 1.08 bits per heavy atom. The molecule has 1 aromatic carbocycles. The van der Waals surface area contributed by atoms with Gasteiger partial charge in [-0.1, -0.05) is 31.0 Å². The van der Waals surface area contributed by atoms with E-state index in [0.717, 1.165) is 0 Å². The highest BCUT2D eigenvalue weighted by molar-refractivity contribution is 5.93. The lowest BCUT2D eigenvalue weighted by Gasteiger charge is -2.45. The van der Waals surface area contributed by atoms with E-state index in [9.17, 15) is 19.2 Å². The number of carbonyl (C=O) groups excluding carboxylic acids is 4. The van der Waals surface area contributed by atoms with Crippen LogP contribution in [0.15, 0.2) is 24.3 Å². The zero-order chi connectivity index (χ0) is 28.6. The molecule has 0 aliphatic carbocycles. The molecule has 0 saturated heterocycles. The fraction of sp³-hybridized carbons (Fsp3) is 0.571. The van der Waals surface area contributed by atoms with Crippen molar-refractivity contribution in [3.63, 3.8) is 0 Å². The third-order valence-electron chi connectivity index (χ3n) is 5.77. The van der Waals surface area contributed by atoms with Gasteiger partial charge < -0.3 is 26.0 Å². The van der Waals surface area contributed by atoms with Crippen LogP contribution in [0.5, 0.6) is 0 Å². The van der Waals surface area contributed by atoms with Crippen molar-refractivity contribution in [2.24, 2.45) is 5.73 Å². The van der Waals surface area contributed by atoms with E-state index >= 15 is 0 Å². The minimum absolute atomic E-state index is 0.0704. The number of hydrogen-bond acceptors (Lipinski definition) is 5. The second kappa shape index (κ2) is 13.1. The quantitative estimate of drug-likeness (QED) is 0.390. The minimum atomic E-state index is -1.18. The van der Waals surface area contributed by atoms with Gasteiger partial charge in [0.1, 0.15) is 17.7 Å². The fourth-order valence-electron chi connectivity index (χ4n) is 3.73. The zero-order valence-corrected chi connectivity index (χ0v) is 23.3. The van der Waals surface area contributed by atoms with Crippen molar-refractivity contribution >= 4 is 23.8 Å². The molecular formula is C28H42N4O5. The van der Waals surface area contributed by atoms with Crippen molar-refractivity contribution < 1.29 is 23.9 Å². The van der Waals surface area contributed by atoms with Crippen LogP contribution in [-0.2, 0) is 19.1 Å². The Labute approximate surface area is 220 Å². The van der Waals surface area contributed by atoms with Gasteiger partial charge in [-0.2, -0.15) is 0 Å². The number of rotatable bonds is 11. The molecule has 0 aliphatic heterocycles. The predicted octanol–water partition coefficient (Wildman–Crippen LogP) is 3.41. The number of nitrogens with two attached hydrogens (primary N) is 1. The molecule has 0 aliphatic rings. The molecule has 0 spiro atoms. The van der Waals surface area contributed by atoms with Gasteiger partial charge in [0.25, 0.3) is 0 Å². The summed E-state index contributed by atoms with van der Waals surface area (Å²) in [5, 5.41) is 5.49. The van der Waals surface area contributed by atoms with Gasteiger partial charge in [0.2, 0.25) is 17.7 Å². The molecule has 0 fully saturated rings. The number of carbonyl (C=O) groups is 4. The standard InChI is InChI=1S/C28H42N4O5/c1-10-19-14-12-13-15-20(19)23(24(34)30-18(3)4)32(28(8,9)11-2)25(35)21(16-17-22(29)33)31-26(36)37-27(5,6)7/h1,12-15,18,21,23H,11,16-17H2,2-9H3,(H2,29,33)(H,30,34)(H,31,36). The van der Waals surface area contributed by atoms with Crippen LogP contribution in [0.4, 0.5) is 4.79 Å². The Balaban J connectivity index is 3.73. The Hall–Kier alpha value is -3.54. The monoisotopic (exact) mass is 514 g/mol. The largest absolute Gasteiger partial charge is 0.444 e. The maximum absolute atomic E-state index is 14.2. The first-order valence-corrected chi connectivity index (χ1v) is 12.5. The highest BCUT2D eigenvalue weighted by Crippen LogP contribution is 2.34. The van der Waals surface area contributed by atoms with Gasteiger partial charge in [-0.25, -0.2) is 4.79 Å². The van der Waals surface area contributed by atoms with Crippen molar-refractivity contribution in [2.75, 3.05) is 0 Å². The van der Waals surface area contributed by atoms with Crippen molar-refractivity contribution in [3.8, 4) is 12.3 Å². The van der Waals surface area contributed by atoms with Crippen LogP contribution in [0.25, 0.3) is 0 Å². The fourth-order valence-corrected chi connectivity index (χ4v) is 3.73. The van der Waals surface area contributed by atoms with Crippen LogP contribution in [0.1, 0.15) is 91.8 Å². The Bertz CT molecular complexity index is 1020. The van der Waals surface area contributed by atoms with E-state index in [1.165, 1.54) is 4.90 Å². The van der Waals surface area contributed by atoms with Crippen molar-refractivity contribution in [2.45, 2.75) is 104 Å². The number of hydrogen-bond donors (Lipinski definition) is 3. The van der Waals surface area contributed by atoms with Crippen LogP contribution in [0.3, 0.4) is 0 Å². The molecule has 2 atom stereocenters. The van der Waals surface area contributed by atoms with Gasteiger partial charge in [0.15, 0.2) is 0 Å². The molecule has 0 radical (unpaired) electrons. The number of nitrogens with zero attached hydrogens (tertiary/aromatic N) is 1. The summed E-state index contributed by atoms with van der Waals surface area (Å²) in [6.45, 7) is 14.3. The van der Waals surface area contributed by atoms with E-state index in [-0.39, 0.29) is 18.9 Å². The van der Waals surface area contributed by atoms with Gasteiger partial charge in [-0.3, -0.25) is 14.4 Å². The average molecular weight is 515 g/mol. The topological polar surface area (TPSA) is 131 Å². The molecule has 4 amide bonds. The number of terminal acetylenes is 1. The molecule has 0 saturated carbocycles. The van der Waals surface area contributed by atoms with Crippen LogP contribution in [-0.4, -0.2) is 51.9 Å². The van der Waals surface area contributed by atoms with E-state index in [2.05, 4.69) is 16.6 Å². The lowest BCUT2D eigenvalue weighted by molar-refractivity contribution is -0.149. The Kier molecular flexibility index (Phi) is 11.2. The number of alkyl carbamates (subject to hydrolysis) is 1. The molecule has 9 nitrogen and oxygen atoms in total. The van der Waals surface area contributed by atoms with Gasteiger partial charge in [0.05, 0.1) is 0 Å². The van der Waals surface area contributed by atoms with Crippen LogP contribution >= 0.6 is 0 Å². The molecule has 9 heteroatoms. The number of benzene rings is 1. The molecule has 1 rings (SSSR count). The van der Waals surface area contributed by atoms with E-state index in [0.29, 0.717) is 17.5 Å². The predicted molar refractivity (Wildman–Crippen MR) is 143 cm³/mol. The second-order valence-electron chi connectivity index (χ2n) is 10.9. The average Bonchev–Trinajstić information content (AvgIpc) is 2.77. The summed E-state index contributed by atoms with van der Waals surface area (Å²) in [7, 11) is 0. The lowest BCUT2D eigenvalue weighted by Crippen LogP contribution is -2.59. The molecule has 37 heavy (non-hydrogen) atoms. The number of amides is 4. The zero-order valence-electron chi connectivity index (χ0n) is 23.3. The van der Waals surface area contributed by atoms with Crippen LogP contribution in [0.2, 0.25) is 0 Å². The summed E-state index contributed by atoms with van der Waals surface area (Å²) in [5.41, 5.74) is 4.64. The summed E-state index contributed by atoms with van der Waals surface area (Å²) in [4.78, 5) is 53.6. The van der Waals surface area contributed by atoms with Crippen molar-refractivity contribution in [1.82, 2.24) is 15.5 Å². The molecule has 0 aromatic heterocycles. The van der Waals surface area contributed by atoms with Gasteiger partial charge in [0, 0.05) is 23.6 Å². The molecule has 204 valence electrons. The molecule has 4 N–H and O–H groups in total. The minimum Gasteiger partial charge on any atom is -0.444 e. The second-order valence-corrected chi connectivity index (χ2v) is 10.9.